The molecule has 0 amide bonds. The monoisotopic (exact) mass is 356 g/mol. The van der Waals surface area contributed by atoms with Gasteiger partial charge in [0, 0.05) is 19.0 Å². The average Bonchev–Trinajstić information content (AvgIpc) is 2.87. The molecule has 8 heteroatoms. The van der Waals surface area contributed by atoms with Gasteiger partial charge in [-0.15, -0.1) is 11.3 Å². The Morgan fingerprint density at radius 2 is 2.00 bits per heavy atom. The number of sulfonamides is 1. The SMILES string of the molecule is CN(CCC(=O)O)S(=O)(=O)c1ccc2nc(C(C)(C)C)sc2c1. The quantitative estimate of drug-likeness (QED) is 0.890. The zero-order valence-corrected chi connectivity index (χ0v) is 15.2. The molecule has 0 aliphatic heterocycles. The molecule has 1 aromatic carbocycles. The topological polar surface area (TPSA) is 87.6 Å². The van der Waals surface area contributed by atoms with E-state index in [1.165, 1.54) is 24.5 Å². The Hall–Kier alpha value is -1.51. The van der Waals surface area contributed by atoms with Crippen molar-refractivity contribution >= 4 is 37.5 Å². The van der Waals surface area contributed by atoms with E-state index in [1.807, 2.05) is 0 Å². The van der Waals surface area contributed by atoms with Crippen LogP contribution in [-0.2, 0) is 20.2 Å². The van der Waals surface area contributed by atoms with Gasteiger partial charge >= 0.3 is 5.97 Å². The molecule has 0 aliphatic rings. The Kier molecular flexibility index (Phi) is 4.79. The number of fused-ring (bicyclic) bond motifs is 1. The van der Waals surface area contributed by atoms with Crippen molar-refractivity contribution < 1.29 is 18.3 Å². The summed E-state index contributed by atoms with van der Waals surface area (Å²) in [4.78, 5) is 15.3. The zero-order chi connectivity index (χ0) is 17.4. The molecule has 1 aromatic heterocycles. The van der Waals surface area contributed by atoms with E-state index in [4.69, 9.17) is 5.11 Å². The minimum atomic E-state index is -3.70. The van der Waals surface area contributed by atoms with Crippen LogP contribution in [0, 0.1) is 0 Å². The van der Waals surface area contributed by atoms with Gasteiger partial charge in [-0.3, -0.25) is 4.79 Å². The van der Waals surface area contributed by atoms with Gasteiger partial charge in [0.15, 0.2) is 0 Å². The molecule has 23 heavy (non-hydrogen) atoms. The molecule has 0 fully saturated rings. The Labute approximate surface area is 139 Å². The van der Waals surface area contributed by atoms with E-state index in [1.54, 1.807) is 12.1 Å². The highest BCUT2D eigenvalue weighted by Crippen LogP contribution is 2.32. The van der Waals surface area contributed by atoms with Crippen LogP contribution in [0.1, 0.15) is 32.2 Å². The van der Waals surface area contributed by atoms with Crippen LogP contribution in [0.2, 0.25) is 0 Å². The second-order valence-corrected chi connectivity index (χ2v) is 9.44. The number of benzene rings is 1. The third-order valence-electron chi connectivity index (χ3n) is 3.35. The van der Waals surface area contributed by atoms with Crippen molar-refractivity contribution in [3.8, 4) is 0 Å². The molecule has 2 aromatic rings. The molecule has 0 bridgehead atoms. The van der Waals surface area contributed by atoms with Crippen molar-refractivity contribution in [3.05, 3.63) is 23.2 Å². The maximum Gasteiger partial charge on any atom is 0.304 e. The molecule has 1 heterocycles. The first kappa shape index (κ1) is 17.8. The Balaban J connectivity index is 2.37. The number of carboxylic acid groups (broad SMARTS) is 1. The number of aromatic nitrogens is 1. The smallest absolute Gasteiger partial charge is 0.304 e. The molecule has 2 rings (SSSR count). The number of hydrogen-bond acceptors (Lipinski definition) is 5. The highest BCUT2D eigenvalue weighted by atomic mass is 32.2. The molecular formula is C15H20N2O4S2. The van der Waals surface area contributed by atoms with Crippen LogP contribution in [0.4, 0.5) is 0 Å². The lowest BCUT2D eigenvalue weighted by Crippen LogP contribution is -2.29. The second-order valence-electron chi connectivity index (χ2n) is 6.37. The van der Waals surface area contributed by atoms with E-state index in [0.717, 1.165) is 19.5 Å². The number of carbonyl (C=O) groups is 1. The van der Waals surface area contributed by atoms with Gasteiger partial charge in [-0.1, -0.05) is 20.8 Å². The largest absolute Gasteiger partial charge is 0.481 e. The Morgan fingerprint density at radius 1 is 1.35 bits per heavy atom. The van der Waals surface area contributed by atoms with Crippen LogP contribution in [0.15, 0.2) is 23.1 Å². The van der Waals surface area contributed by atoms with Crippen molar-refractivity contribution in [2.45, 2.75) is 37.5 Å². The summed E-state index contributed by atoms with van der Waals surface area (Å²) in [5, 5.41) is 9.64. The first-order valence-electron chi connectivity index (χ1n) is 7.11. The van der Waals surface area contributed by atoms with Crippen molar-refractivity contribution in [1.82, 2.24) is 9.29 Å². The van der Waals surface area contributed by atoms with E-state index in [0.29, 0.717) is 0 Å². The molecule has 0 saturated heterocycles. The van der Waals surface area contributed by atoms with Gasteiger partial charge in [0.1, 0.15) is 0 Å². The molecule has 0 aliphatic carbocycles. The number of hydrogen-bond donors (Lipinski definition) is 1. The number of thiazole rings is 1. The van der Waals surface area contributed by atoms with Crippen LogP contribution >= 0.6 is 11.3 Å². The Morgan fingerprint density at radius 3 is 2.57 bits per heavy atom. The van der Waals surface area contributed by atoms with Gasteiger partial charge in [0.25, 0.3) is 0 Å². The molecule has 0 saturated carbocycles. The summed E-state index contributed by atoms with van der Waals surface area (Å²) in [6.07, 6.45) is -0.229. The fourth-order valence-electron chi connectivity index (χ4n) is 1.94. The van der Waals surface area contributed by atoms with Crippen LogP contribution < -0.4 is 0 Å². The van der Waals surface area contributed by atoms with Crippen molar-refractivity contribution in [3.63, 3.8) is 0 Å². The van der Waals surface area contributed by atoms with Gasteiger partial charge in [-0.25, -0.2) is 17.7 Å². The highest BCUT2D eigenvalue weighted by Gasteiger charge is 2.23. The first-order valence-corrected chi connectivity index (χ1v) is 9.36. The van der Waals surface area contributed by atoms with E-state index in [9.17, 15) is 13.2 Å². The lowest BCUT2D eigenvalue weighted by molar-refractivity contribution is -0.137. The summed E-state index contributed by atoms with van der Waals surface area (Å²) >= 11 is 1.48. The third kappa shape index (κ3) is 3.88. The summed E-state index contributed by atoms with van der Waals surface area (Å²) in [6, 6.07) is 4.81. The van der Waals surface area contributed by atoms with Crippen LogP contribution in [0.25, 0.3) is 10.2 Å². The standard InChI is InChI=1S/C15H20N2O4S2/c1-15(2,3)14-16-11-6-5-10(9-12(11)22-14)23(20,21)17(4)8-7-13(18)19/h5-6,9H,7-8H2,1-4H3,(H,18,19). The molecule has 6 nitrogen and oxygen atoms in total. The molecule has 0 atom stereocenters. The average molecular weight is 356 g/mol. The first-order chi connectivity index (χ1) is 10.5. The molecule has 126 valence electrons. The number of carboxylic acids is 1. The minimum Gasteiger partial charge on any atom is -0.481 e. The van der Waals surface area contributed by atoms with Gasteiger partial charge in [0.05, 0.1) is 26.5 Å². The van der Waals surface area contributed by atoms with E-state index in [2.05, 4.69) is 25.8 Å². The lowest BCUT2D eigenvalue weighted by atomic mass is 9.98. The fraction of sp³-hybridized carbons (Fsp3) is 0.467. The minimum absolute atomic E-state index is 0.0639. The summed E-state index contributed by atoms with van der Waals surface area (Å²) < 4.78 is 26.9. The molecular weight excluding hydrogens is 336 g/mol. The van der Waals surface area contributed by atoms with Crippen molar-refractivity contribution in [1.29, 1.82) is 0 Å². The van der Waals surface area contributed by atoms with Crippen LogP contribution in [-0.4, -0.2) is 42.4 Å². The predicted molar refractivity (Wildman–Crippen MR) is 90.4 cm³/mol. The molecule has 0 unspecified atom stereocenters. The molecule has 0 radical (unpaired) electrons. The van der Waals surface area contributed by atoms with Gasteiger partial charge in [0.2, 0.25) is 10.0 Å². The van der Waals surface area contributed by atoms with Crippen LogP contribution in [0.5, 0.6) is 0 Å². The van der Waals surface area contributed by atoms with E-state index in [-0.39, 0.29) is 23.3 Å². The summed E-state index contributed by atoms with van der Waals surface area (Å²) in [5.41, 5.74) is 0.674. The summed E-state index contributed by atoms with van der Waals surface area (Å²) in [7, 11) is -2.32. The fourth-order valence-corrected chi connectivity index (χ4v) is 4.27. The van der Waals surface area contributed by atoms with E-state index >= 15 is 0 Å². The normalized spacial score (nSPS) is 12.9. The predicted octanol–water partition coefficient (Wildman–Crippen LogP) is 2.69. The van der Waals surface area contributed by atoms with Gasteiger partial charge in [-0.05, 0) is 18.2 Å². The van der Waals surface area contributed by atoms with Gasteiger partial charge in [-0.2, -0.15) is 0 Å². The molecule has 0 spiro atoms. The maximum atomic E-state index is 12.5. The highest BCUT2D eigenvalue weighted by molar-refractivity contribution is 7.89. The maximum absolute atomic E-state index is 12.5. The lowest BCUT2D eigenvalue weighted by Gasteiger charge is -2.16. The van der Waals surface area contributed by atoms with Crippen molar-refractivity contribution in [2.24, 2.45) is 0 Å². The summed E-state index contributed by atoms with van der Waals surface area (Å²) in [5.74, 6) is -1.03. The van der Waals surface area contributed by atoms with Crippen LogP contribution in [0.3, 0.4) is 0 Å². The Bertz CT molecular complexity index is 835. The number of nitrogens with zero attached hydrogens (tertiary/aromatic N) is 2. The zero-order valence-electron chi connectivity index (χ0n) is 13.5. The third-order valence-corrected chi connectivity index (χ3v) is 6.65. The van der Waals surface area contributed by atoms with Gasteiger partial charge < -0.3 is 5.11 Å². The molecule has 1 N–H and O–H groups in total. The number of aliphatic carboxylic acids is 1. The second kappa shape index (κ2) is 6.18. The van der Waals surface area contributed by atoms with E-state index < -0.39 is 16.0 Å². The van der Waals surface area contributed by atoms with Crippen molar-refractivity contribution in [2.75, 3.05) is 13.6 Å². The number of rotatable bonds is 5. The summed E-state index contributed by atoms with van der Waals surface area (Å²) in [6.45, 7) is 6.11.